The number of rotatable bonds is 3. The van der Waals surface area contributed by atoms with Crippen LogP contribution in [0.15, 0.2) is 16.8 Å². The molecular formula is C11H14BrNOS. The van der Waals surface area contributed by atoms with Crippen LogP contribution in [0.5, 0.6) is 0 Å². The summed E-state index contributed by atoms with van der Waals surface area (Å²) in [7, 11) is 0. The number of carbonyl (C=O) groups is 1. The van der Waals surface area contributed by atoms with Crippen LogP contribution in [0.1, 0.15) is 30.9 Å². The third-order valence-electron chi connectivity index (χ3n) is 2.81. The minimum Gasteiger partial charge on any atom is -0.336 e. The van der Waals surface area contributed by atoms with E-state index in [0.29, 0.717) is 12.5 Å². The van der Waals surface area contributed by atoms with Gasteiger partial charge in [-0.2, -0.15) is 11.3 Å². The fourth-order valence-electron chi connectivity index (χ4n) is 2.10. The Morgan fingerprint density at radius 1 is 1.67 bits per heavy atom. The predicted octanol–water partition coefficient (Wildman–Crippen LogP) is 3.20. The summed E-state index contributed by atoms with van der Waals surface area (Å²) >= 11 is 5.03. The second-order valence-corrected chi connectivity index (χ2v) is 5.31. The van der Waals surface area contributed by atoms with Gasteiger partial charge < -0.3 is 4.90 Å². The van der Waals surface area contributed by atoms with Gasteiger partial charge >= 0.3 is 0 Å². The highest BCUT2D eigenvalue weighted by Gasteiger charge is 2.29. The van der Waals surface area contributed by atoms with E-state index in [2.05, 4.69) is 32.8 Å². The van der Waals surface area contributed by atoms with Crippen molar-refractivity contribution in [1.29, 1.82) is 0 Å². The number of alkyl halides is 1. The summed E-state index contributed by atoms with van der Waals surface area (Å²) in [6.07, 6.45) is 2.86. The lowest BCUT2D eigenvalue weighted by atomic mass is 10.1. The van der Waals surface area contributed by atoms with Crippen molar-refractivity contribution in [3.63, 3.8) is 0 Å². The first-order valence-corrected chi connectivity index (χ1v) is 7.27. The molecule has 1 atom stereocenters. The van der Waals surface area contributed by atoms with Crippen molar-refractivity contribution >= 4 is 33.2 Å². The molecular weight excluding hydrogens is 274 g/mol. The molecule has 1 aromatic rings. The van der Waals surface area contributed by atoms with Crippen molar-refractivity contribution < 1.29 is 4.79 Å². The van der Waals surface area contributed by atoms with E-state index in [0.717, 1.165) is 24.7 Å². The Kier molecular flexibility index (Phi) is 3.81. The fraction of sp³-hybridized carbons (Fsp3) is 0.545. The van der Waals surface area contributed by atoms with Gasteiger partial charge in [-0.3, -0.25) is 4.79 Å². The second kappa shape index (κ2) is 5.12. The molecule has 1 aliphatic heterocycles. The van der Waals surface area contributed by atoms with E-state index < -0.39 is 0 Å². The van der Waals surface area contributed by atoms with Crippen molar-refractivity contribution in [2.45, 2.75) is 25.3 Å². The fourth-order valence-corrected chi connectivity index (χ4v) is 3.15. The molecule has 1 aromatic heterocycles. The highest BCUT2D eigenvalue weighted by atomic mass is 79.9. The van der Waals surface area contributed by atoms with Crippen LogP contribution in [0.2, 0.25) is 0 Å². The minimum absolute atomic E-state index is 0.278. The number of hydrogen-bond acceptors (Lipinski definition) is 2. The van der Waals surface area contributed by atoms with Gasteiger partial charge in [0.15, 0.2) is 0 Å². The molecule has 0 aliphatic carbocycles. The molecule has 0 spiro atoms. The summed E-state index contributed by atoms with van der Waals surface area (Å²) in [5.41, 5.74) is 1.31. The van der Waals surface area contributed by atoms with Gasteiger partial charge in [0.1, 0.15) is 0 Å². The third kappa shape index (κ3) is 2.42. The van der Waals surface area contributed by atoms with Crippen LogP contribution in [0.25, 0.3) is 0 Å². The molecule has 1 fully saturated rings. The maximum absolute atomic E-state index is 11.9. The van der Waals surface area contributed by atoms with Crippen LogP contribution in [-0.4, -0.2) is 22.7 Å². The zero-order valence-corrected chi connectivity index (χ0v) is 10.9. The predicted molar refractivity (Wildman–Crippen MR) is 66.4 cm³/mol. The summed E-state index contributed by atoms with van der Waals surface area (Å²) in [4.78, 5) is 13.9. The van der Waals surface area contributed by atoms with E-state index in [9.17, 15) is 4.79 Å². The molecule has 2 nitrogen and oxygen atoms in total. The van der Waals surface area contributed by atoms with Gasteiger partial charge in [0.05, 0.1) is 6.04 Å². The smallest absolute Gasteiger partial charge is 0.223 e. The summed E-state index contributed by atoms with van der Waals surface area (Å²) in [6.45, 7) is 0.923. The Bertz CT molecular complexity index is 325. The average Bonchev–Trinajstić information content (AvgIpc) is 2.88. The number of nitrogens with zero attached hydrogens (tertiary/aromatic N) is 1. The van der Waals surface area contributed by atoms with Crippen LogP contribution >= 0.6 is 27.3 Å². The molecule has 1 saturated heterocycles. The topological polar surface area (TPSA) is 20.3 Å². The van der Waals surface area contributed by atoms with Gasteiger partial charge in [-0.25, -0.2) is 0 Å². The lowest BCUT2D eigenvalue weighted by molar-refractivity contribution is -0.131. The van der Waals surface area contributed by atoms with E-state index in [1.165, 1.54) is 5.56 Å². The van der Waals surface area contributed by atoms with E-state index in [4.69, 9.17) is 0 Å². The lowest BCUT2D eigenvalue weighted by Gasteiger charge is -2.23. The van der Waals surface area contributed by atoms with Crippen molar-refractivity contribution in [3.8, 4) is 0 Å². The molecule has 1 amide bonds. The molecule has 15 heavy (non-hydrogen) atoms. The summed E-state index contributed by atoms with van der Waals surface area (Å²) in [5.74, 6) is 0.278. The Morgan fingerprint density at radius 2 is 2.53 bits per heavy atom. The molecule has 0 saturated carbocycles. The highest BCUT2D eigenvalue weighted by molar-refractivity contribution is 9.09. The summed E-state index contributed by atoms with van der Waals surface area (Å²) in [6, 6.07) is 2.47. The largest absolute Gasteiger partial charge is 0.336 e. The van der Waals surface area contributed by atoms with Crippen LogP contribution < -0.4 is 0 Å². The van der Waals surface area contributed by atoms with Gasteiger partial charge in [-0.15, -0.1) is 0 Å². The highest BCUT2D eigenvalue weighted by Crippen LogP contribution is 2.33. The van der Waals surface area contributed by atoms with Crippen LogP contribution in [-0.2, 0) is 4.79 Å². The number of amides is 1. The van der Waals surface area contributed by atoms with Crippen molar-refractivity contribution in [3.05, 3.63) is 22.4 Å². The van der Waals surface area contributed by atoms with Gasteiger partial charge in [0, 0.05) is 18.3 Å². The maximum Gasteiger partial charge on any atom is 0.223 e. The molecule has 0 radical (unpaired) electrons. The molecule has 0 bridgehead atoms. The number of likely N-dealkylation sites (tertiary alicyclic amines) is 1. The normalized spacial score (nSPS) is 20.9. The van der Waals surface area contributed by atoms with Crippen LogP contribution in [0, 0.1) is 0 Å². The molecule has 1 unspecified atom stereocenters. The number of carbonyl (C=O) groups excluding carboxylic acids is 1. The SMILES string of the molecule is O=C(CCBr)N1CCCC1c1ccsc1. The molecule has 1 aliphatic rings. The first-order chi connectivity index (χ1) is 7.33. The van der Waals surface area contributed by atoms with E-state index in [1.54, 1.807) is 11.3 Å². The second-order valence-electron chi connectivity index (χ2n) is 3.74. The maximum atomic E-state index is 11.9. The number of halogens is 1. The molecule has 0 N–H and O–H groups in total. The van der Waals surface area contributed by atoms with E-state index in [-0.39, 0.29) is 5.91 Å². The first kappa shape index (κ1) is 11.1. The molecule has 2 heterocycles. The van der Waals surface area contributed by atoms with Gasteiger partial charge in [-0.05, 0) is 35.2 Å². The van der Waals surface area contributed by atoms with Gasteiger partial charge in [0.2, 0.25) is 5.91 Å². The molecule has 2 rings (SSSR count). The lowest BCUT2D eigenvalue weighted by Crippen LogP contribution is -2.30. The zero-order chi connectivity index (χ0) is 10.7. The van der Waals surface area contributed by atoms with Crippen LogP contribution in [0.4, 0.5) is 0 Å². The van der Waals surface area contributed by atoms with Gasteiger partial charge in [0.25, 0.3) is 0 Å². The van der Waals surface area contributed by atoms with Crippen molar-refractivity contribution in [1.82, 2.24) is 4.90 Å². The van der Waals surface area contributed by atoms with E-state index in [1.807, 2.05) is 4.90 Å². The summed E-state index contributed by atoms with van der Waals surface area (Å²) < 4.78 is 0. The van der Waals surface area contributed by atoms with Crippen molar-refractivity contribution in [2.24, 2.45) is 0 Å². The van der Waals surface area contributed by atoms with E-state index >= 15 is 0 Å². The molecule has 4 heteroatoms. The Morgan fingerprint density at radius 3 is 3.20 bits per heavy atom. The first-order valence-electron chi connectivity index (χ1n) is 5.20. The average molecular weight is 288 g/mol. The molecule has 0 aromatic carbocycles. The van der Waals surface area contributed by atoms with Gasteiger partial charge in [-0.1, -0.05) is 15.9 Å². The molecule has 82 valence electrons. The van der Waals surface area contributed by atoms with Crippen molar-refractivity contribution in [2.75, 3.05) is 11.9 Å². The number of thiophene rings is 1. The number of hydrogen-bond donors (Lipinski definition) is 0. The zero-order valence-electron chi connectivity index (χ0n) is 8.49. The minimum atomic E-state index is 0.278. The standard InChI is InChI=1S/C11H14BrNOS/c12-5-3-11(14)13-6-1-2-10(13)9-4-7-15-8-9/h4,7-8,10H,1-3,5-6H2. The third-order valence-corrected chi connectivity index (χ3v) is 3.91. The summed E-state index contributed by atoms with van der Waals surface area (Å²) in [5, 5.41) is 5.00. The monoisotopic (exact) mass is 287 g/mol. The Hall–Kier alpha value is -0.350. The Labute approximate surface area is 102 Å². The Balaban J connectivity index is 2.08. The van der Waals surface area contributed by atoms with Crippen LogP contribution in [0.3, 0.4) is 0 Å². The quantitative estimate of drug-likeness (QED) is 0.782.